The van der Waals surface area contributed by atoms with Crippen LogP contribution in [0.1, 0.15) is 28.8 Å². The molecule has 0 aliphatic heterocycles. The van der Waals surface area contributed by atoms with Gasteiger partial charge < -0.3 is 5.32 Å². The van der Waals surface area contributed by atoms with Gasteiger partial charge in [-0.2, -0.15) is 0 Å². The largest absolute Gasteiger partial charge is 0.352 e. The summed E-state index contributed by atoms with van der Waals surface area (Å²) in [6, 6.07) is 5.81. The molecule has 1 aliphatic rings. The molecule has 0 aromatic heterocycles. The van der Waals surface area contributed by atoms with Crippen LogP contribution in [0.15, 0.2) is 22.7 Å². The van der Waals surface area contributed by atoms with Crippen LogP contribution in [-0.4, -0.2) is 12.5 Å². The van der Waals surface area contributed by atoms with Gasteiger partial charge in [-0.1, -0.05) is 11.6 Å². The van der Waals surface area contributed by atoms with Crippen LogP contribution in [0.5, 0.6) is 0 Å². The highest BCUT2D eigenvalue weighted by molar-refractivity contribution is 9.10. The number of benzene rings is 1. The average Bonchev–Trinajstić information content (AvgIpc) is 3.02. The van der Waals surface area contributed by atoms with E-state index in [4.69, 9.17) is 0 Å². The average molecular weight is 268 g/mol. The van der Waals surface area contributed by atoms with E-state index in [1.54, 1.807) is 0 Å². The molecule has 0 spiro atoms. The maximum absolute atomic E-state index is 11.8. The third-order valence-corrected chi connectivity index (χ3v) is 3.31. The maximum Gasteiger partial charge on any atom is 0.252 e. The fraction of sp³-hybridized carbons (Fsp3) is 0.417. The highest BCUT2D eigenvalue weighted by atomic mass is 79.9. The molecule has 2 rings (SSSR count). The molecule has 2 nitrogen and oxygen atoms in total. The van der Waals surface area contributed by atoms with Gasteiger partial charge in [-0.25, -0.2) is 0 Å². The maximum atomic E-state index is 11.8. The number of carbonyl (C=O) groups is 1. The van der Waals surface area contributed by atoms with Crippen LogP contribution in [0.2, 0.25) is 0 Å². The third kappa shape index (κ3) is 2.81. The summed E-state index contributed by atoms with van der Waals surface area (Å²) in [7, 11) is 0. The van der Waals surface area contributed by atoms with E-state index in [2.05, 4.69) is 21.2 Å². The number of rotatable bonds is 3. The van der Waals surface area contributed by atoms with E-state index in [0.29, 0.717) is 0 Å². The Bertz CT molecular complexity index is 385. The molecule has 0 atom stereocenters. The number of hydrogen-bond acceptors (Lipinski definition) is 1. The van der Waals surface area contributed by atoms with E-state index in [1.165, 1.54) is 12.8 Å². The number of amides is 1. The zero-order valence-corrected chi connectivity index (χ0v) is 10.3. The van der Waals surface area contributed by atoms with Gasteiger partial charge >= 0.3 is 0 Å². The van der Waals surface area contributed by atoms with Crippen molar-refractivity contribution in [3.05, 3.63) is 33.8 Å². The summed E-state index contributed by atoms with van der Waals surface area (Å²) in [4.78, 5) is 11.8. The first-order valence-corrected chi connectivity index (χ1v) is 6.00. The van der Waals surface area contributed by atoms with Crippen LogP contribution in [0.4, 0.5) is 0 Å². The van der Waals surface area contributed by atoms with Gasteiger partial charge in [0.1, 0.15) is 0 Å². The Morgan fingerprint density at radius 1 is 1.53 bits per heavy atom. The van der Waals surface area contributed by atoms with Crippen LogP contribution in [0.3, 0.4) is 0 Å². The molecule has 0 radical (unpaired) electrons. The van der Waals surface area contributed by atoms with E-state index >= 15 is 0 Å². The van der Waals surface area contributed by atoms with Crippen LogP contribution >= 0.6 is 15.9 Å². The molecular weight excluding hydrogens is 254 g/mol. The molecule has 80 valence electrons. The topological polar surface area (TPSA) is 29.1 Å². The summed E-state index contributed by atoms with van der Waals surface area (Å²) in [6.45, 7) is 2.81. The summed E-state index contributed by atoms with van der Waals surface area (Å²) >= 11 is 3.39. The van der Waals surface area contributed by atoms with Crippen molar-refractivity contribution in [2.75, 3.05) is 6.54 Å². The molecular formula is C12H14BrNO. The number of halogens is 1. The second-order valence-corrected chi connectivity index (χ2v) is 4.99. The van der Waals surface area contributed by atoms with Crippen molar-refractivity contribution in [3.8, 4) is 0 Å². The summed E-state index contributed by atoms with van der Waals surface area (Å²) in [5.74, 6) is 0.745. The zero-order chi connectivity index (χ0) is 10.8. The van der Waals surface area contributed by atoms with Crippen LogP contribution in [0, 0.1) is 12.8 Å². The van der Waals surface area contributed by atoms with Gasteiger partial charge in [0, 0.05) is 11.0 Å². The minimum absolute atomic E-state index is 0.0254. The molecule has 1 fully saturated rings. The Morgan fingerprint density at radius 3 is 2.93 bits per heavy atom. The highest BCUT2D eigenvalue weighted by Crippen LogP contribution is 2.27. The SMILES string of the molecule is Cc1ccc(Br)c(C(=O)NCC2CC2)c1. The minimum Gasteiger partial charge on any atom is -0.352 e. The van der Waals surface area contributed by atoms with Crippen LogP contribution < -0.4 is 5.32 Å². The van der Waals surface area contributed by atoms with Gasteiger partial charge in [-0.05, 0) is 53.7 Å². The number of hydrogen-bond donors (Lipinski definition) is 1. The van der Waals surface area contributed by atoms with Gasteiger partial charge in [-0.3, -0.25) is 4.79 Å². The molecule has 1 saturated carbocycles. The Labute approximate surface area is 98.2 Å². The molecule has 0 unspecified atom stereocenters. The van der Waals surface area contributed by atoms with Gasteiger partial charge in [0.2, 0.25) is 0 Å². The summed E-state index contributed by atoms with van der Waals surface area (Å²) in [6.07, 6.45) is 2.52. The summed E-state index contributed by atoms with van der Waals surface area (Å²) < 4.78 is 0.862. The van der Waals surface area contributed by atoms with Crippen molar-refractivity contribution in [1.29, 1.82) is 0 Å². The lowest BCUT2D eigenvalue weighted by molar-refractivity contribution is 0.0951. The van der Waals surface area contributed by atoms with E-state index in [0.717, 1.165) is 28.1 Å². The van der Waals surface area contributed by atoms with Crippen molar-refractivity contribution >= 4 is 21.8 Å². The smallest absolute Gasteiger partial charge is 0.252 e. The standard InChI is InChI=1S/C12H14BrNO/c1-8-2-5-11(13)10(6-8)12(15)14-7-9-3-4-9/h2,5-6,9H,3-4,7H2,1H3,(H,14,15). The Kier molecular flexibility index (Phi) is 3.10. The predicted molar refractivity (Wildman–Crippen MR) is 63.9 cm³/mol. The zero-order valence-electron chi connectivity index (χ0n) is 8.72. The highest BCUT2D eigenvalue weighted by Gasteiger charge is 2.22. The molecule has 1 aliphatic carbocycles. The van der Waals surface area contributed by atoms with Gasteiger partial charge in [-0.15, -0.1) is 0 Å². The van der Waals surface area contributed by atoms with Crippen LogP contribution in [-0.2, 0) is 0 Å². The van der Waals surface area contributed by atoms with Crippen molar-refractivity contribution in [3.63, 3.8) is 0 Å². The van der Waals surface area contributed by atoms with Gasteiger partial charge in [0.15, 0.2) is 0 Å². The lowest BCUT2D eigenvalue weighted by Gasteiger charge is -2.06. The summed E-state index contributed by atoms with van der Waals surface area (Å²) in [5, 5.41) is 2.96. The van der Waals surface area contributed by atoms with E-state index in [1.807, 2.05) is 25.1 Å². The Morgan fingerprint density at radius 2 is 2.27 bits per heavy atom. The number of nitrogens with one attached hydrogen (secondary N) is 1. The molecule has 0 heterocycles. The minimum atomic E-state index is 0.0254. The second kappa shape index (κ2) is 4.35. The first kappa shape index (κ1) is 10.7. The Balaban J connectivity index is 2.05. The number of carbonyl (C=O) groups excluding carboxylic acids is 1. The second-order valence-electron chi connectivity index (χ2n) is 4.14. The Hall–Kier alpha value is -0.830. The molecule has 0 bridgehead atoms. The lowest BCUT2D eigenvalue weighted by Crippen LogP contribution is -2.25. The fourth-order valence-electron chi connectivity index (χ4n) is 1.47. The van der Waals surface area contributed by atoms with E-state index in [9.17, 15) is 4.79 Å². The molecule has 15 heavy (non-hydrogen) atoms. The van der Waals surface area contributed by atoms with Crippen molar-refractivity contribution in [2.24, 2.45) is 5.92 Å². The van der Waals surface area contributed by atoms with Crippen molar-refractivity contribution < 1.29 is 4.79 Å². The molecule has 1 amide bonds. The lowest BCUT2D eigenvalue weighted by atomic mass is 10.1. The van der Waals surface area contributed by atoms with Crippen LogP contribution in [0.25, 0.3) is 0 Å². The van der Waals surface area contributed by atoms with Crippen molar-refractivity contribution in [1.82, 2.24) is 5.32 Å². The fourth-order valence-corrected chi connectivity index (χ4v) is 1.89. The molecule has 1 N–H and O–H groups in total. The third-order valence-electron chi connectivity index (χ3n) is 2.61. The monoisotopic (exact) mass is 267 g/mol. The number of aryl methyl sites for hydroxylation is 1. The quantitative estimate of drug-likeness (QED) is 0.897. The van der Waals surface area contributed by atoms with E-state index in [-0.39, 0.29) is 5.91 Å². The first-order valence-electron chi connectivity index (χ1n) is 5.21. The predicted octanol–water partition coefficient (Wildman–Crippen LogP) is 2.90. The van der Waals surface area contributed by atoms with Crippen molar-refractivity contribution in [2.45, 2.75) is 19.8 Å². The van der Waals surface area contributed by atoms with E-state index < -0.39 is 0 Å². The van der Waals surface area contributed by atoms with Gasteiger partial charge in [0.25, 0.3) is 5.91 Å². The normalized spacial score (nSPS) is 15.1. The molecule has 3 heteroatoms. The molecule has 0 saturated heterocycles. The molecule has 1 aromatic rings. The van der Waals surface area contributed by atoms with Gasteiger partial charge in [0.05, 0.1) is 5.56 Å². The summed E-state index contributed by atoms with van der Waals surface area (Å²) in [5.41, 5.74) is 1.84. The first-order chi connectivity index (χ1) is 7.16. The molecule has 1 aromatic carbocycles.